The second-order valence-corrected chi connectivity index (χ2v) is 11.2. The predicted octanol–water partition coefficient (Wildman–Crippen LogP) is 5.31. The molecule has 0 saturated heterocycles. The van der Waals surface area contributed by atoms with E-state index in [2.05, 4.69) is 20.5 Å². The largest absolute Gasteiger partial charge is 0.300 e. The van der Waals surface area contributed by atoms with E-state index in [0.29, 0.717) is 5.13 Å². The first-order valence-electron chi connectivity index (χ1n) is 10.8. The second kappa shape index (κ2) is 7.24. The number of anilines is 1. The van der Waals surface area contributed by atoms with Crippen molar-refractivity contribution in [2.75, 3.05) is 5.32 Å². The highest BCUT2D eigenvalue weighted by atomic mass is 32.1. The van der Waals surface area contributed by atoms with E-state index in [4.69, 9.17) is 0 Å². The SMILES string of the molecule is O=C(Cc1csc(-c2ccccc2)n1)Nc1nnc(C23CC4CC(CC(C4)C2)C3)s1. The maximum absolute atomic E-state index is 12.6. The van der Waals surface area contributed by atoms with Crippen molar-refractivity contribution in [1.82, 2.24) is 15.2 Å². The van der Waals surface area contributed by atoms with Gasteiger partial charge in [-0.1, -0.05) is 41.7 Å². The van der Waals surface area contributed by atoms with E-state index >= 15 is 0 Å². The van der Waals surface area contributed by atoms with E-state index in [1.807, 2.05) is 35.7 Å². The number of carbonyl (C=O) groups is 1. The molecule has 1 N–H and O–H groups in total. The van der Waals surface area contributed by atoms with Crippen LogP contribution in [0.2, 0.25) is 0 Å². The van der Waals surface area contributed by atoms with Gasteiger partial charge in [-0.15, -0.1) is 21.5 Å². The third kappa shape index (κ3) is 3.38. The van der Waals surface area contributed by atoms with Gasteiger partial charge >= 0.3 is 0 Å². The maximum atomic E-state index is 12.6. The summed E-state index contributed by atoms with van der Waals surface area (Å²) in [6.07, 6.45) is 8.31. The van der Waals surface area contributed by atoms with Gasteiger partial charge in [-0.25, -0.2) is 4.98 Å². The molecule has 4 aliphatic rings. The van der Waals surface area contributed by atoms with Crippen LogP contribution in [0.1, 0.15) is 49.2 Å². The Labute approximate surface area is 184 Å². The summed E-state index contributed by atoms with van der Waals surface area (Å²) in [6, 6.07) is 10.1. The molecular weight excluding hydrogens is 412 g/mol. The average Bonchev–Trinajstić information content (AvgIpc) is 3.38. The van der Waals surface area contributed by atoms with E-state index in [-0.39, 0.29) is 17.7 Å². The number of hydrogen-bond acceptors (Lipinski definition) is 6. The summed E-state index contributed by atoms with van der Waals surface area (Å²) in [5.41, 5.74) is 2.11. The Morgan fingerprint density at radius 3 is 2.43 bits per heavy atom. The first-order valence-corrected chi connectivity index (χ1v) is 12.5. The van der Waals surface area contributed by atoms with Gasteiger partial charge in [0.2, 0.25) is 11.0 Å². The van der Waals surface area contributed by atoms with Gasteiger partial charge in [0.25, 0.3) is 0 Å². The Morgan fingerprint density at radius 1 is 1.03 bits per heavy atom. The van der Waals surface area contributed by atoms with Crippen molar-refractivity contribution in [3.63, 3.8) is 0 Å². The smallest absolute Gasteiger partial charge is 0.232 e. The van der Waals surface area contributed by atoms with E-state index < -0.39 is 0 Å². The van der Waals surface area contributed by atoms with Crippen LogP contribution in [0, 0.1) is 17.8 Å². The van der Waals surface area contributed by atoms with Crippen molar-refractivity contribution in [2.45, 2.75) is 50.4 Å². The van der Waals surface area contributed by atoms with Crippen LogP contribution in [-0.2, 0) is 16.6 Å². The molecule has 4 saturated carbocycles. The van der Waals surface area contributed by atoms with Crippen molar-refractivity contribution in [1.29, 1.82) is 0 Å². The molecule has 0 unspecified atom stereocenters. The Kier molecular flexibility index (Phi) is 4.49. The molecule has 154 valence electrons. The van der Waals surface area contributed by atoms with Crippen LogP contribution in [0.5, 0.6) is 0 Å². The summed E-state index contributed by atoms with van der Waals surface area (Å²) < 4.78 is 0. The third-order valence-electron chi connectivity index (χ3n) is 7.08. The lowest BCUT2D eigenvalue weighted by Gasteiger charge is -2.55. The maximum Gasteiger partial charge on any atom is 0.232 e. The van der Waals surface area contributed by atoms with Crippen LogP contribution < -0.4 is 5.32 Å². The number of carbonyl (C=O) groups excluding carboxylic acids is 1. The highest BCUT2D eigenvalue weighted by molar-refractivity contribution is 7.15. The molecular formula is C23H24N4OS2. The zero-order valence-corrected chi connectivity index (χ0v) is 18.3. The molecule has 2 aromatic heterocycles. The molecule has 1 aromatic carbocycles. The van der Waals surface area contributed by atoms with Gasteiger partial charge in [0.1, 0.15) is 10.0 Å². The fourth-order valence-electron chi connectivity index (χ4n) is 6.29. The van der Waals surface area contributed by atoms with Crippen LogP contribution >= 0.6 is 22.7 Å². The predicted molar refractivity (Wildman–Crippen MR) is 120 cm³/mol. The Balaban J connectivity index is 1.13. The van der Waals surface area contributed by atoms with Crippen molar-refractivity contribution in [2.24, 2.45) is 17.8 Å². The summed E-state index contributed by atoms with van der Waals surface area (Å²) in [5.74, 6) is 2.55. The molecule has 0 aliphatic heterocycles. The molecule has 3 aromatic rings. The molecule has 7 heteroatoms. The highest BCUT2D eigenvalue weighted by Gasteiger charge is 2.53. The number of hydrogen-bond donors (Lipinski definition) is 1. The lowest BCUT2D eigenvalue weighted by Crippen LogP contribution is -2.48. The minimum Gasteiger partial charge on any atom is -0.300 e. The summed E-state index contributed by atoms with van der Waals surface area (Å²) >= 11 is 3.16. The lowest BCUT2D eigenvalue weighted by molar-refractivity contribution is -0.115. The van der Waals surface area contributed by atoms with Crippen molar-refractivity contribution in [3.8, 4) is 10.6 Å². The van der Waals surface area contributed by atoms with Crippen molar-refractivity contribution < 1.29 is 4.79 Å². The number of rotatable bonds is 5. The Bertz CT molecular complexity index is 1040. The van der Waals surface area contributed by atoms with Crippen LogP contribution in [0.3, 0.4) is 0 Å². The van der Waals surface area contributed by atoms with Gasteiger partial charge in [-0.05, 0) is 56.3 Å². The summed E-state index contributed by atoms with van der Waals surface area (Å²) in [7, 11) is 0. The van der Waals surface area contributed by atoms with Crippen LogP contribution in [0.15, 0.2) is 35.7 Å². The van der Waals surface area contributed by atoms with Crippen molar-refractivity contribution >= 4 is 33.7 Å². The van der Waals surface area contributed by atoms with Gasteiger partial charge in [0.15, 0.2) is 0 Å². The highest BCUT2D eigenvalue weighted by Crippen LogP contribution is 2.61. The number of aromatic nitrogens is 3. The molecule has 0 spiro atoms. The lowest BCUT2D eigenvalue weighted by atomic mass is 9.50. The number of nitrogens with one attached hydrogen (secondary N) is 1. The Hall–Kier alpha value is -2.12. The molecule has 4 fully saturated rings. The number of amides is 1. The number of benzene rings is 1. The molecule has 5 nitrogen and oxygen atoms in total. The number of thiazole rings is 1. The quantitative estimate of drug-likeness (QED) is 0.588. The van der Waals surface area contributed by atoms with Gasteiger partial charge in [0, 0.05) is 16.4 Å². The molecule has 4 aliphatic carbocycles. The molecule has 2 heterocycles. The van der Waals surface area contributed by atoms with Gasteiger partial charge in [-0.3, -0.25) is 4.79 Å². The minimum atomic E-state index is -0.0758. The second-order valence-electron chi connectivity index (χ2n) is 9.35. The fraction of sp³-hybridized carbons (Fsp3) is 0.478. The van der Waals surface area contributed by atoms with E-state index in [1.54, 1.807) is 22.7 Å². The van der Waals surface area contributed by atoms with E-state index in [1.165, 1.54) is 38.5 Å². The van der Waals surface area contributed by atoms with E-state index in [9.17, 15) is 4.79 Å². The zero-order valence-electron chi connectivity index (χ0n) is 16.7. The topological polar surface area (TPSA) is 67.8 Å². The summed E-state index contributed by atoms with van der Waals surface area (Å²) in [5, 5.41) is 16.5. The van der Waals surface area contributed by atoms with Crippen LogP contribution in [-0.4, -0.2) is 21.1 Å². The standard InChI is InChI=1S/C23H24N4OS2/c28-19(9-18-13-29-20(24-18)17-4-2-1-3-5-17)25-22-27-26-21(30-22)23-10-14-6-15(11-23)8-16(7-14)12-23/h1-5,13-16H,6-12H2,(H,25,27,28). The molecule has 4 bridgehead atoms. The van der Waals surface area contributed by atoms with Gasteiger partial charge in [0.05, 0.1) is 12.1 Å². The molecule has 7 rings (SSSR count). The summed E-state index contributed by atoms with van der Waals surface area (Å²) in [6.45, 7) is 0. The molecule has 0 atom stereocenters. The first kappa shape index (κ1) is 18.6. The fourth-order valence-corrected chi connectivity index (χ4v) is 8.09. The average molecular weight is 437 g/mol. The molecule has 1 amide bonds. The van der Waals surface area contributed by atoms with Gasteiger partial charge in [-0.2, -0.15) is 0 Å². The third-order valence-corrected chi connectivity index (χ3v) is 9.10. The van der Waals surface area contributed by atoms with Crippen LogP contribution in [0.4, 0.5) is 5.13 Å². The number of nitrogens with zero attached hydrogens (tertiary/aromatic N) is 3. The minimum absolute atomic E-state index is 0.0758. The first-order chi connectivity index (χ1) is 14.6. The molecule has 30 heavy (non-hydrogen) atoms. The van der Waals surface area contributed by atoms with Gasteiger partial charge < -0.3 is 5.32 Å². The Morgan fingerprint density at radius 2 is 1.73 bits per heavy atom. The van der Waals surface area contributed by atoms with Crippen molar-refractivity contribution in [3.05, 3.63) is 46.4 Å². The monoisotopic (exact) mass is 436 g/mol. The van der Waals surface area contributed by atoms with Crippen LogP contribution in [0.25, 0.3) is 10.6 Å². The molecule has 0 radical (unpaired) electrons. The van der Waals surface area contributed by atoms with E-state index in [0.717, 1.165) is 39.0 Å². The summed E-state index contributed by atoms with van der Waals surface area (Å²) in [4.78, 5) is 17.2. The normalized spacial score (nSPS) is 29.3. The zero-order chi connectivity index (χ0) is 20.1.